The second-order valence-corrected chi connectivity index (χ2v) is 4.96. The van der Waals surface area contributed by atoms with E-state index in [0.29, 0.717) is 0 Å². The van der Waals surface area contributed by atoms with Crippen LogP contribution >= 0.6 is 0 Å². The van der Waals surface area contributed by atoms with Gasteiger partial charge in [-0.05, 0) is 56.1 Å². The van der Waals surface area contributed by atoms with Crippen LogP contribution in [0.3, 0.4) is 0 Å². The first-order chi connectivity index (χ1) is 9.42. The Morgan fingerprint density at radius 1 is 1.16 bits per heavy atom. The van der Waals surface area contributed by atoms with Crippen molar-refractivity contribution in [3.8, 4) is 11.4 Å². The first-order valence-electron chi connectivity index (χ1n) is 6.84. The SMILES string of the molecule is c1c[nH]c(-c2ccc(NCC3CCNCC3)nn2)c1. The Bertz CT molecular complexity index is 485. The molecule has 0 atom stereocenters. The molecule has 1 aliphatic heterocycles. The normalized spacial score (nSPS) is 16.4. The molecule has 5 heteroatoms. The van der Waals surface area contributed by atoms with Crippen molar-refractivity contribution < 1.29 is 0 Å². The van der Waals surface area contributed by atoms with E-state index in [1.807, 2.05) is 30.5 Å². The molecule has 0 bridgehead atoms. The van der Waals surface area contributed by atoms with Crippen LogP contribution in [-0.4, -0.2) is 34.8 Å². The summed E-state index contributed by atoms with van der Waals surface area (Å²) >= 11 is 0. The van der Waals surface area contributed by atoms with Crippen molar-refractivity contribution in [3.05, 3.63) is 30.5 Å². The monoisotopic (exact) mass is 257 g/mol. The molecular formula is C14H19N5. The number of rotatable bonds is 4. The average Bonchev–Trinajstić information content (AvgIpc) is 3.01. The fraction of sp³-hybridized carbons (Fsp3) is 0.429. The van der Waals surface area contributed by atoms with Gasteiger partial charge in [0.05, 0.1) is 5.69 Å². The van der Waals surface area contributed by atoms with E-state index in [-0.39, 0.29) is 0 Å². The van der Waals surface area contributed by atoms with Crippen molar-refractivity contribution in [1.82, 2.24) is 20.5 Å². The van der Waals surface area contributed by atoms with Crippen LogP contribution in [-0.2, 0) is 0 Å². The first kappa shape index (κ1) is 12.2. The van der Waals surface area contributed by atoms with E-state index in [1.54, 1.807) is 0 Å². The molecule has 0 spiro atoms. The van der Waals surface area contributed by atoms with E-state index in [4.69, 9.17) is 0 Å². The molecule has 2 aromatic heterocycles. The van der Waals surface area contributed by atoms with Gasteiger partial charge in [-0.1, -0.05) is 0 Å². The highest BCUT2D eigenvalue weighted by Gasteiger charge is 2.12. The standard InChI is InChI=1S/C14H19N5/c1-2-12(16-7-1)13-3-4-14(19-18-13)17-10-11-5-8-15-9-6-11/h1-4,7,11,15-16H,5-6,8-10H2,(H,17,19). The van der Waals surface area contributed by atoms with Crippen molar-refractivity contribution in [1.29, 1.82) is 0 Å². The summed E-state index contributed by atoms with van der Waals surface area (Å²) in [5, 5.41) is 15.2. The molecule has 0 saturated carbocycles. The van der Waals surface area contributed by atoms with E-state index in [0.717, 1.165) is 42.8 Å². The molecule has 0 aromatic carbocycles. The maximum absolute atomic E-state index is 4.23. The van der Waals surface area contributed by atoms with Gasteiger partial charge in [0, 0.05) is 12.7 Å². The lowest BCUT2D eigenvalue weighted by Crippen LogP contribution is -2.31. The fourth-order valence-electron chi connectivity index (χ4n) is 2.39. The number of H-pyrrole nitrogens is 1. The van der Waals surface area contributed by atoms with Crippen LogP contribution < -0.4 is 10.6 Å². The van der Waals surface area contributed by atoms with Gasteiger partial charge in [-0.15, -0.1) is 10.2 Å². The van der Waals surface area contributed by atoms with Crippen LogP contribution in [0.2, 0.25) is 0 Å². The van der Waals surface area contributed by atoms with Gasteiger partial charge in [0.2, 0.25) is 0 Å². The minimum atomic E-state index is 0.742. The Balaban J connectivity index is 1.57. The molecule has 3 heterocycles. The van der Waals surface area contributed by atoms with Gasteiger partial charge in [-0.25, -0.2) is 0 Å². The highest BCUT2D eigenvalue weighted by atomic mass is 15.2. The summed E-state index contributed by atoms with van der Waals surface area (Å²) in [7, 11) is 0. The molecular weight excluding hydrogens is 238 g/mol. The number of nitrogens with zero attached hydrogens (tertiary/aromatic N) is 2. The summed E-state index contributed by atoms with van der Waals surface area (Å²) in [5.74, 6) is 1.60. The lowest BCUT2D eigenvalue weighted by molar-refractivity contribution is 0.389. The average molecular weight is 257 g/mol. The number of aromatic amines is 1. The molecule has 3 rings (SSSR count). The van der Waals surface area contributed by atoms with Crippen LogP contribution in [0.25, 0.3) is 11.4 Å². The maximum atomic E-state index is 4.23. The van der Waals surface area contributed by atoms with Crippen molar-refractivity contribution in [2.45, 2.75) is 12.8 Å². The zero-order valence-corrected chi connectivity index (χ0v) is 10.9. The molecule has 0 aliphatic carbocycles. The Kier molecular flexibility index (Phi) is 3.74. The summed E-state index contributed by atoms with van der Waals surface area (Å²) < 4.78 is 0. The second kappa shape index (κ2) is 5.84. The lowest BCUT2D eigenvalue weighted by atomic mass is 9.98. The predicted molar refractivity (Wildman–Crippen MR) is 75.9 cm³/mol. The Labute approximate surface area is 112 Å². The van der Waals surface area contributed by atoms with Crippen LogP contribution in [0.4, 0.5) is 5.82 Å². The molecule has 19 heavy (non-hydrogen) atoms. The summed E-state index contributed by atoms with van der Waals surface area (Å²) in [6.45, 7) is 3.24. The minimum Gasteiger partial charge on any atom is -0.368 e. The number of hydrogen-bond donors (Lipinski definition) is 3. The number of piperidine rings is 1. The third kappa shape index (κ3) is 3.12. The molecule has 2 aromatic rings. The lowest BCUT2D eigenvalue weighted by Gasteiger charge is -2.22. The number of nitrogens with one attached hydrogen (secondary N) is 3. The van der Waals surface area contributed by atoms with Crippen molar-refractivity contribution >= 4 is 5.82 Å². The van der Waals surface area contributed by atoms with Crippen LogP contribution in [0, 0.1) is 5.92 Å². The largest absolute Gasteiger partial charge is 0.368 e. The third-order valence-electron chi connectivity index (χ3n) is 3.57. The van der Waals surface area contributed by atoms with Crippen molar-refractivity contribution in [2.24, 2.45) is 5.92 Å². The van der Waals surface area contributed by atoms with Gasteiger partial charge in [-0.2, -0.15) is 0 Å². The van der Waals surface area contributed by atoms with Gasteiger partial charge >= 0.3 is 0 Å². The third-order valence-corrected chi connectivity index (χ3v) is 3.57. The first-order valence-corrected chi connectivity index (χ1v) is 6.84. The molecule has 1 fully saturated rings. The van der Waals surface area contributed by atoms with Gasteiger partial charge in [0.15, 0.2) is 0 Å². The quantitative estimate of drug-likeness (QED) is 0.782. The fourth-order valence-corrected chi connectivity index (χ4v) is 2.39. The zero-order chi connectivity index (χ0) is 12.9. The Morgan fingerprint density at radius 3 is 2.74 bits per heavy atom. The summed E-state index contributed by atoms with van der Waals surface area (Å²) in [6.07, 6.45) is 4.36. The van der Waals surface area contributed by atoms with Crippen LogP contribution in [0.5, 0.6) is 0 Å². The Morgan fingerprint density at radius 2 is 2.05 bits per heavy atom. The van der Waals surface area contributed by atoms with Crippen LogP contribution in [0.1, 0.15) is 12.8 Å². The van der Waals surface area contributed by atoms with Gasteiger partial charge in [-0.3, -0.25) is 0 Å². The van der Waals surface area contributed by atoms with Crippen LogP contribution in [0.15, 0.2) is 30.5 Å². The molecule has 0 amide bonds. The van der Waals surface area contributed by atoms with E-state index in [1.165, 1.54) is 12.8 Å². The predicted octanol–water partition coefficient (Wildman–Crippen LogP) is 1.88. The molecule has 0 radical (unpaired) electrons. The van der Waals surface area contributed by atoms with E-state index < -0.39 is 0 Å². The van der Waals surface area contributed by atoms with Gasteiger partial charge in [0.1, 0.15) is 11.5 Å². The summed E-state index contributed by atoms with van der Waals surface area (Å²) in [4.78, 5) is 3.13. The van der Waals surface area contributed by atoms with Crippen molar-refractivity contribution in [2.75, 3.05) is 25.0 Å². The molecule has 3 N–H and O–H groups in total. The maximum Gasteiger partial charge on any atom is 0.148 e. The highest BCUT2D eigenvalue weighted by molar-refractivity contribution is 5.54. The molecule has 1 aliphatic rings. The van der Waals surface area contributed by atoms with E-state index in [2.05, 4.69) is 25.8 Å². The number of anilines is 1. The molecule has 1 saturated heterocycles. The summed E-state index contributed by atoms with van der Waals surface area (Å²) in [5.41, 5.74) is 1.87. The van der Waals surface area contributed by atoms with Gasteiger partial charge in [0.25, 0.3) is 0 Å². The van der Waals surface area contributed by atoms with E-state index >= 15 is 0 Å². The second-order valence-electron chi connectivity index (χ2n) is 4.96. The summed E-state index contributed by atoms with van der Waals surface area (Å²) in [6, 6.07) is 7.93. The van der Waals surface area contributed by atoms with Crippen molar-refractivity contribution in [3.63, 3.8) is 0 Å². The van der Waals surface area contributed by atoms with Gasteiger partial charge < -0.3 is 15.6 Å². The number of hydrogen-bond acceptors (Lipinski definition) is 4. The molecule has 5 nitrogen and oxygen atoms in total. The Hall–Kier alpha value is -1.88. The minimum absolute atomic E-state index is 0.742. The molecule has 0 unspecified atom stereocenters. The zero-order valence-electron chi connectivity index (χ0n) is 10.9. The highest BCUT2D eigenvalue weighted by Crippen LogP contribution is 2.16. The number of aromatic nitrogens is 3. The smallest absolute Gasteiger partial charge is 0.148 e. The molecule has 100 valence electrons. The van der Waals surface area contributed by atoms with E-state index in [9.17, 15) is 0 Å². The topological polar surface area (TPSA) is 65.6 Å².